The lowest BCUT2D eigenvalue weighted by molar-refractivity contribution is -0.0791. The van der Waals surface area contributed by atoms with Gasteiger partial charge in [-0.15, -0.1) is 4.65 Å². The fraction of sp³-hybridized carbons (Fsp3) is 0.429. The van der Waals surface area contributed by atoms with Crippen molar-refractivity contribution in [1.82, 2.24) is 14.6 Å². The van der Waals surface area contributed by atoms with Gasteiger partial charge in [0.1, 0.15) is 20.4 Å². The van der Waals surface area contributed by atoms with Gasteiger partial charge >= 0.3 is 0 Å². The van der Waals surface area contributed by atoms with Gasteiger partial charge in [0, 0.05) is 12.3 Å². The molecule has 0 saturated carbocycles. The first-order chi connectivity index (χ1) is 5.17. The van der Waals surface area contributed by atoms with Gasteiger partial charge in [0.15, 0.2) is 0 Å². The second-order valence-electron chi connectivity index (χ2n) is 2.60. The summed E-state index contributed by atoms with van der Waals surface area (Å²) in [5, 5.41) is 0. The third-order valence-electron chi connectivity index (χ3n) is 1.57. The fourth-order valence-corrected chi connectivity index (χ4v) is 0.696. The Morgan fingerprint density at radius 2 is 2.18 bits per heavy atom. The number of rotatable bonds is 2. The minimum atomic E-state index is 0.308. The Hall–Kier alpha value is -1.00. The van der Waals surface area contributed by atoms with Crippen molar-refractivity contribution >= 4 is 5.82 Å². The minimum absolute atomic E-state index is 0.308. The van der Waals surface area contributed by atoms with Crippen LogP contribution in [0.4, 0.5) is 5.82 Å². The van der Waals surface area contributed by atoms with Crippen LogP contribution in [0.3, 0.4) is 0 Å². The zero-order valence-electron chi connectivity index (χ0n) is 6.98. The average Bonchev–Trinajstić information content (AvgIpc) is 2.06. The van der Waals surface area contributed by atoms with Crippen molar-refractivity contribution in [3.63, 3.8) is 0 Å². The molecule has 0 bridgehead atoms. The summed E-state index contributed by atoms with van der Waals surface area (Å²) in [5.74, 6) is 0.836. The first-order valence-electron chi connectivity index (χ1n) is 3.33. The number of quaternary nitrogens is 1. The third-order valence-corrected chi connectivity index (χ3v) is 1.57. The second kappa shape index (κ2) is 2.94. The zero-order chi connectivity index (χ0) is 8.32. The Bertz CT molecular complexity index is 222. The van der Waals surface area contributed by atoms with Gasteiger partial charge in [-0.25, -0.2) is 4.98 Å². The van der Waals surface area contributed by atoms with Crippen LogP contribution in [0.5, 0.6) is 0 Å². The highest BCUT2D eigenvalue weighted by Gasteiger charge is 2.19. The lowest BCUT2D eigenvalue weighted by Gasteiger charge is -2.21. The quantitative estimate of drug-likeness (QED) is 0.462. The molecule has 0 aliphatic rings. The maximum absolute atomic E-state index is 5.17. The van der Waals surface area contributed by atoms with Gasteiger partial charge in [0.2, 0.25) is 0 Å². The molecule has 0 aromatic carbocycles. The summed E-state index contributed by atoms with van der Waals surface area (Å²) in [5.41, 5.74) is 0. The number of aromatic nitrogens is 2. The summed E-state index contributed by atoms with van der Waals surface area (Å²) in [6.45, 7) is 0. The maximum Gasteiger partial charge on any atom is 0.263 e. The molecule has 0 saturated heterocycles. The van der Waals surface area contributed by atoms with Gasteiger partial charge in [0.05, 0.1) is 7.11 Å². The molecule has 0 spiro atoms. The lowest BCUT2D eigenvalue weighted by atomic mass is 10.5. The molecule has 0 unspecified atom stereocenters. The van der Waals surface area contributed by atoms with Crippen molar-refractivity contribution in [2.24, 2.45) is 0 Å². The van der Waals surface area contributed by atoms with Crippen LogP contribution in [0.15, 0.2) is 18.6 Å². The van der Waals surface area contributed by atoms with Gasteiger partial charge in [-0.1, -0.05) is 0 Å². The van der Waals surface area contributed by atoms with E-state index in [9.17, 15) is 0 Å². The highest BCUT2D eigenvalue weighted by Crippen LogP contribution is 2.12. The van der Waals surface area contributed by atoms with Crippen molar-refractivity contribution in [3.05, 3.63) is 18.6 Å². The molecule has 0 atom stereocenters. The number of nitrogens with zero attached hydrogens (tertiary/aromatic N) is 3. The molecule has 0 fully saturated rings. The van der Waals surface area contributed by atoms with Gasteiger partial charge in [-0.05, 0) is 0 Å². The Balaban J connectivity index is 2.93. The SMILES string of the molecule is CO[N+](C)(C)c1ccncn1. The van der Waals surface area contributed by atoms with Crippen LogP contribution in [0.25, 0.3) is 0 Å². The molecular weight excluding hydrogens is 142 g/mol. The van der Waals surface area contributed by atoms with Crippen LogP contribution >= 0.6 is 0 Å². The fourth-order valence-electron chi connectivity index (χ4n) is 0.696. The highest BCUT2D eigenvalue weighted by atomic mass is 16.7. The summed E-state index contributed by atoms with van der Waals surface area (Å²) in [6.07, 6.45) is 3.20. The van der Waals surface area contributed by atoms with E-state index < -0.39 is 0 Å². The summed E-state index contributed by atoms with van der Waals surface area (Å²) >= 11 is 0. The monoisotopic (exact) mass is 154 g/mol. The van der Waals surface area contributed by atoms with E-state index >= 15 is 0 Å². The molecule has 60 valence electrons. The minimum Gasteiger partial charge on any atom is -0.244 e. The number of hydrogen-bond acceptors (Lipinski definition) is 3. The Labute approximate surface area is 66.0 Å². The molecule has 1 heterocycles. The van der Waals surface area contributed by atoms with Gasteiger partial charge in [-0.2, -0.15) is 9.82 Å². The van der Waals surface area contributed by atoms with Gasteiger partial charge in [0.25, 0.3) is 5.82 Å². The summed E-state index contributed by atoms with van der Waals surface area (Å²) in [4.78, 5) is 13.0. The highest BCUT2D eigenvalue weighted by molar-refractivity contribution is 5.26. The molecule has 1 aromatic heterocycles. The van der Waals surface area contributed by atoms with E-state index in [0.717, 1.165) is 5.82 Å². The van der Waals surface area contributed by atoms with Crippen molar-refractivity contribution < 1.29 is 4.84 Å². The molecule has 11 heavy (non-hydrogen) atoms. The molecule has 4 nitrogen and oxygen atoms in total. The molecule has 0 aliphatic heterocycles. The standard InChI is InChI=1S/C7H12N3O/c1-10(2,11-3)7-4-5-8-6-9-7/h4-6H,1-3H3/q+1. The van der Waals surface area contributed by atoms with E-state index in [1.54, 1.807) is 13.3 Å². The van der Waals surface area contributed by atoms with Crippen molar-refractivity contribution in [1.29, 1.82) is 0 Å². The molecule has 0 aliphatic carbocycles. The molecular formula is C7H12N3O+. The lowest BCUT2D eigenvalue weighted by Crippen LogP contribution is -2.39. The van der Waals surface area contributed by atoms with Crippen LogP contribution < -0.4 is 4.65 Å². The second-order valence-corrected chi connectivity index (χ2v) is 2.60. The van der Waals surface area contributed by atoms with Crippen LogP contribution in [-0.2, 0) is 4.84 Å². The van der Waals surface area contributed by atoms with Gasteiger partial charge < -0.3 is 0 Å². The molecule has 1 rings (SSSR count). The largest absolute Gasteiger partial charge is 0.263 e. The Morgan fingerprint density at radius 1 is 1.45 bits per heavy atom. The summed E-state index contributed by atoms with van der Waals surface area (Å²) in [7, 11) is 5.45. The van der Waals surface area contributed by atoms with Crippen LogP contribution in [-0.4, -0.2) is 31.2 Å². The summed E-state index contributed by atoms with van der Waals surface area (Å²) < 4.78 is 0.308. The van der Waals surface area contributed by atoms with Crippen molar-refractivity contribution in [3.8, 4) is 0 Å². The number of hydroxylamine groups is 2. The van der Waals surface area contributed by atoms with E-state index in [4.69, 9.17) is 4.84 Å². The third kappa shape index (κ3) is 1.72. The average molecular weight is 154 g/mol. The molecule has 0 radical (unpaired) electrons. The topological polar surface area (TPSA) is 35.0 Å². The van der Waals surface area contributed by atoms with Crippen LogP contribution in [0.1, 0.15) is 0 Å². The first-order valence-corrected chi connectivity index (χ1v) is 3.33. The smallest absolute Gasteiger partial charge is 0.244 e. The van der Waals surface area contributed by atoms with E-state index in [-0.39, 0.29) is 0 Å². The first kappa shape index (κ1) is 8.10. The predicted molar refractivity (Wildman–Crippen MR) is 42.7 cm³/mol. The molecule has 4 heteroatoms. The predicted octanol–water partition coefficient (Wildman–Crippen LogP) is 0.605. The van der Waals surface area contributed by atoms with Crippen LogP contribution in [0, 0.1) is 0 Å². The van der Waals surface area contributed by atoms with Crippen LogP contribution in [0.2, 0.25) is 0 Å². The normalized spacial score (nSPS) is 11.5. The van der Waals surface area contributed by atoms with E-state index in [1.165, 1.54) is 6.33 Å². The van der Waals surface area contributed by atoms with E-state index in [0.29, 0.717) is 4.65 Å². The molecule has 0 amide bonds. The Kier molecular flexibility index (Phi) is 2.16. The number of hydrogen-bond donors (Lipinski definition) is 0. The molecule has 1 aromatic rings. The van der Waals surface area contributed by atoms with Gasteiger partial charge in [-0.3, -0.25) is 0 Å². The van der Waals surface area contributed by atoms with E-state index in [1.807, 2.05) is 20.2 Å². The van der Waals surface area contributed by atoms with E-state index in [2.05, 4.69) is 9.97 Å². The van der Waals surface area contributed by atoms with Crippen molar-refractivity contribution in [2.45, 2.75) is 0 Å². The zero-order valence-corrected chi connectivity index (χ0v) is 6.98. The Morgan fingerprint density at radius 3 is 2.64 bits per heavy atom. The maximum atomic E-state index is 5.17. The summed E-state index contributed by atoms with van der Waals surface area (Å²) in [6, 6.07) is 1.82. The van der Waals surface area contributed by atoms with Crippen molar-refractivity contribution in [2.75, 3.05) is 21.2 Å². The molecule has 0 N–H and O–H groups in total.